The van der Waals surface area contributed by atoms with Gasteiger partial charge in [0.05, 0.1) is 0 Å². The first-order chi connectivity index (χ1) is 8.77. The average molecular weight is 244 g/mol. The maximum atomic E-state index is 12.1. The van der Waals surface area contributed by atoms with E-state index in [2.05, 4.69) is 13.5 Å². The van der Waals surface area contributed by atoms with E-state index in [0.717, 1.165) is 18.4 Å². The summed E-state index contributed by atoms with van der Waals surface area (Å²) in [5, 5.41) is 0. The van der Waals surface area contributed by atoms with E-state index in [-0.39, 0.29) is 5.78 Å². The molecular formula is C17H24O. The van der Waals surface area contributed by atoms with Crippen molar-refractivity contribution in [2.45, 2.75) is 45.4 Å². The molecule has 0 aliphatic carbocycles. The van der Waals surface area contributed by atoms with Crippen molar-refractivity contribution in [3.05, 3.63) is 48.6 Å². The van der Waals surface area contributed by atoms with Crippen molar-refractivity contribution in [2.75, 3.05) is 0 Å². The Bertz CT molecular complexity index is 353. The normalized spacial score (nSPS) is 12.1. The van der Waals surface area contributed by atoms with E-state index in [1.54, 1.807) is 0 Å². The first-order valence-corrected chi connectivity index (χ1v) is 6.97. The van der Waals surface area contributed by atoms with Crippen LogP contribution in [0.1, 0.15) is 55.8 Å². The Kier molecular flexibility index (Phi) is 7.09. The summed E-state index contributed by atoms with van der Waals surface area (Å²) >= 11 is 0. The van der Waals surface area contributed by atoms with Crippen LogP contribution in [0.15, 0.2) is 43.0 Å². The molecule has 0 saturated carbocycles. The fourth-order valence-electron chi connectivity index (χ4n) is 2.23. The van der Waals surface area contributed by atoms with Crippen LogP contribution in [0, 0.1) is 5.92 Å². The summed E-state index contributed by atoms with van der Waals surface area (Å²) < 4.78 is 0. The molecule has 1 rings (SSSR count). The minimum atomic E-state index is 0.263. The van der Waals surface area contributed by atoms with Gasteiger partial charge in [-0.25, -0.2) is 0 Å². The predicted molar refractivity (Wildman–Crippen MR) is 77.8 cm³/mol. The van der Waals surface area contributed by atoms with Gasteiger partial charge in [-0.15, -0.1) is 6.58 Å². The molecule has 0 radical (unpaired) electrons. The lowest BCUT2D eigenvalue weighted by molar-refractivity contribution is 0.0958. The molecule has 0 aromatic heterocycles. The lowest BCUT2D eigenvalue weighted by Crippen LogP contribution is -2.08. The molecule has 0 bridgehead atoms. The van der Waals surface area contributed by atoms with Crippen molar-refractivity contribution in [1.82, 2.24) is 0 Å². The van der Waals surface area contributed by atoms with E-state index in [1.165, 1.54) is 19.3 Å². The van der Waals surface area contributed by atoms with Gasteiger partial charge in [-0.2, -0.15) is 0 Å². The van der Waals surface area contributed by atoms with Gasteiger partial charge < -0.3 is 0 Å². The van der Waals surface area contributed by atoms with Gasteiger partial charge in [0.15, 0.2) is 5.78 Å². The lowest BCUT2D eigenvalue weighted by Gasteiger charge is -2.14. The van der Waals surface area contributed by atoms with E-state index in [9.17, 15) is 4.79 Å². The van der Waals surface area contributed by atoms with Crippen molar-refractivity contribution < 1.29 is 4.79 Å². The predicted octanol–water partition coefficient (Wildman–Crippen LogP) is 5.03. The van der Waals surface area contributed by atoms with Crippen molar-refractivity contribution in [3.63, 3.8) is 0 Å². The number of ketones is 1. The molecule has 18 heavy (non-hydrogen) atoms. The van der Waals surface area contributed by atoms with Gasteiger partial charge in [-0.05, 0) is 18.8 Å². The highest BCUT2D eigenvalue weighted by Gasteiger charge is 2.13. The van der Waals surface area contributed by atoms with E-state index in [1.807, 2.05) is 36.4 Å². The molecule has 0 heterocycles. The van der Waals surface area contributed by atoms with Crippen molar-refractivity contribution >= 4 is 5.78 Å². The first-order valence-electron chi connectivity index (χ1n) is 6.97. The molecule has 1 aromatic rings. The molecule has 0 aliphatic rings. The highest BCUT2D eigenvalue weighted by molar-refractivity contribution is 5.96. The number of allylic oxidation sites excluding steroid dienone is 1. The van der Waals surface area contributed by atoms with Crippen LogP contribution in [0.25, 0.3) is 0 Å². The van der Waals surface area contributed by atoms with Crippen LogP contribution in [0.4, 0.5) is 0 Å². The molecular weight excluding hydrogens is 220 g/mol. The average Bonchev–Trinajstić information content (AvgIpc) is 2.40. The van der Waals surface area contributed by atoms with Gasteiger partial charge in [0.1, 0.15) is 0 Å². The Morgan fingerprint density at radius 1 is 1.28 bits per heavy atom. The number of rotatable bonds is 9. The van der Waals surface area contributed by atoms with Crippen LogP contribution in [-0.2, 0) is 0 Å². The van der Waals surface area contributed by atoms with Crippen LogP contribution in [-0.4, -0.2) is 5.78 Å². The number of Topliss-reactive ketones (excluding diaryl/α,β-unsaturated/α-hetero) is 1. The molecule has 0 aliphatic heterocycles. The summed E-state index contributed by atoms with van der Waals surface area (Å²) in [6.45, 7) is 6.00. The molecule has 0 fully saturated rings. The SMILES string of the molecule is C=CCC(CCCCC)CC(=O)c1ccccc1. The van der Waals surface area contributed by atoms with Gasteiger partial charge in [0.2, 0.25) is 0 Å². The van der Waals surface area contributed by atoms with Crippen molar-refractivity contribution in [1.29, 1.82) is 0 Å². The standard InChI is InChI=1S/C17H24O/c1-3-5-7-11-15(10-4-2)14-17(18)16-12-8-6-9-13-16/h4,6,8-9,12-13,15H,2-3,5,7,10-11,14H2,1H3. The van der Waals surface area contributed by atoms with E-state index in [4.69, 9.17) is 0 Å². The minimum absolute atomic E-state index is 0.263. The van der Waals surface area contributed by atoms with Crippen LogP contribution in [0.5, 0.6) is 0 Å². The zero-order valence-corrected chi connectivity index (χ0v) is 11.4. The third kappa shape index (κ3) is 5.31. The summed E-state index contributed by atoms with van der Waals surface area (Å²) in [6.07, 6.45) is 8.38. The summed E-state index contributed by atoms with van der Waals surface area (Å²) in [6, 6.07) is 9.59. The number of hydrogen-bond donors (Lipinski definition) is 0. The molecule has 1 nitrogen and oxygen atoms in total. The van der Waals surface area contributed by atoms with Gasteiger partial charge in [-0.3, -0.25) is 4.79 Å². The van der Waals surface area contributed by atoms with Crippen LogP contribution >= 0.6 is 0 Å². The third-order valence-electron chi connectivity index (χ3n) is 3.29. The van der Waals surface area contributed by atoms with E-state index in [0.29, 0.717) is 12.3 Å². The summed E-state index contributed by atoms with van der Waals surface area (Å²) in [4.78, 5) is 12.1. The smallest absolute Gasteiger partial charge is 0.163 e. The largest absolute Gasteiger partial charge is 0.294 e. The molecule has 0 N–H and O–H groups in total. The topological polar surface area (TPSA) is 17.1 Å². The van der Waals surface area contributed by atoms with Crippen molar-refractivity contribution in [2.24, 2.45) is 5.92 Å². The van der Waals surface area contributed by atoms with Crippen LogP contribution < -0.4 is 0 Å². The molecule has 0 amide bonds. The molecule has 0 saturated heterocycles. The number of carbonyl (C=O) groups is 1. The molecule has 1 aromatic carbocycles. The summed E-state index contributed by atoms with van der Waals surface area (Å²) in [5.41, 5.74) is 0.835. The number of benzene rings is 1. The number of hydrogen-bond acceptors (Lipinski definition) is 1. The quantitative estimate of drug-likeness (QED) is 0.338. The molecule has 1 atom stereocenters. The molecule has 98 valence electrons. The van der Waals surface area contributed by atoms with Gasteiger partial charge in [0, 0.05) is 12.0 Å². The Labute approximate surface area is 111 Å². The van der Waals surface area contributed by atoms with Crippen molar-refractivity contribution in [3.8, 4) is 0 Å². The van der Waals surface area contributed by atoms with Crippen LogP contribution in [0.2, 0.25) is 0 Å². The van der Waals surface area contributed by atoms with E-state index < -0.39 is 0 Å². The zero-order chi connectivity index (χ0) is 13.2. The van der Waals surface area contributed by atoms with Gasteiger partial charge >= 0.3 is 0 Å². The second-order valence-electron chi connectivity index (χ2n) is 4.88. The zero-order valence-electron chi connectivity index (χ0n) is 11.4. The van der Waals surface area contributed by atoms with E-state index >= 15 is 0 Å². The van der Waals surface area contributed by atoms with Crippen LogP contribution in [0.3, 0.4) is 0 Å². The molecule has 1 unspecified atom stereocenters. The Balaban J connectivity index is 2.49. The fraction of sp³-hybridized carbons (Fsp3) is 0.471. The second-order valence-corrected chi connectivity index (χ2v) is 4.88. The monoisotopic (exact) mass is 244 g/mol. The Hall–Kier alpha value is -1.37. The highest BCUT2D eigenvalue weighted by Crippen LogP contribution is 2.20. The van der Waals surface area contributed by atoms with Gasteiger partial charge in [0.25, 0.3) is 0 Å². The lowest BCUT2D eigenvalue weighted by atomic mass is 9.91. The van der Waals surface area contributed by atoms with Gasteiger partial charge in [-0.1, -0.05) is 62.6 Å². The summed E-state index contributed by atoms with van der Waals surface area (Å²) in [5.74, 6) is 0.723. The maximum absolute atomic E-state index is 12.1. The Morgan fingerprint density at radius 2 is 2.00 bits per heavy atom. The maximum Gasteiger partial charge on any atom is 0.163 e. The number of carbonyl (C=O) groups excluding carboxylic acids is 1. The Morgan fingerprint density at radius 3 is 2.61 bits per heavy atom. The second kappa shape index (κ2) is 8.68. The third-order valence-corrected chi connectivity index (χ3v) is 3.29. The molecule has 1 heteroatoms. The molecule has 0 spiro atoms. The number of unbranched alkanes of at least 4 members (excludes halogenated alkanes) is 2. The minimum Gasteiger partial charge on any atom is -0.294 e. The first kappa shape index (κ1) is 14.7. The fourth-order valence-corrected chi connectivity index (χ4v) is 2.23. The summed E-state index contributed by atoms with van der Waals surface area (Å²) in [7, 11) is 0. The highest BCUT2D eigenvalue weighted by atomic mass is 16.1.